The quantitative estimate of drug-likeness (QED) is 0.552. The summed E-state index contributed by atoms with van der Waals surface area (Å²) in [6.45, 7) is 5.98. The van der Waals surface area contributed by atoms with Crippen molar-refractivity contribution in [1.82, 2.24) is 14.5 Å². The average molecular weight is 444 g/mol. The van der Waals surface area contributed by atoms with Gasteiger partial charge in [0.05, 0.1) is 18.7 Å². The van der Waals surface area contributed by atoms with Crippen LogP contribution in [0.15, 0.2) is 24.4 Å². The predicted molar refractivity (Wildman–Crippen MR) is 108 cm³/mol. The fourth-order valence-corrected chi connectivity index (χ4v) is 4.82. The zero-order valence-electron chi connectivity index (χ0n) is 16.4. The Kier molecular flexibility index (Phi) is 5.45. The first-order valence-electron chi connectivity index (χ1n) is 9.77. The fraction of sp³-hybridized carbons (Fsp3) is 0.476. The second-order valence-electron chi connectivity index (χ2n) is 8.14. The Morgan fingerprint density at radius 2 is 1.80 bits per heavy atom. The number of alkyl halides is 3. The monoisotopic (exact) mass is 443 g/mol. The van der Waals surface area contributed by atoms with Crippen LogP contribution >= 0.6 is 12.4 Å². The van der Waals surface area contributed by atoms with Gasteiger partial charge in [0, 0.05) is 60.5 Å². The molecule has 162 valence electrons. The molecule has 0 spiro atoms. The van der Waals surface area contributed by atoms with Crippen LogP contribution in [-0.2, 0) is 17.5 Å². The third kappa shape index (κ3) is 3.44. The molecule has 0 bridgehead atoms. The molecule has 2 atom stereocenters. The lowest BCUT2D eigenvalue weighted by atomic mass is 10.0. The molecule has 2 aromatic heterocycles. The number of aromatic nitrogens is 2. The third-order valence-corrected chi connectivity index (χ3v) is 6.28. The zero-order valence-corrected chi connectivity index (χ0v) is 17.2. The summed E-state index contributed by atoms with van der Waals surface area (Å²) in [4.78, 5) is 5.92. The second-order valence-corrected chi connectivity index (χ2v) is 8.14. The van der Waals surface area contributed by atoms with Crippen LogP contribution in [0, 0.1) is 24.6 Å². The summed E-state index contributed by atoms with van der Waals surface area (Å²) in [6, 6.07) is 4.51. The van der Waals surface area contributed by atoms with Gasteiger partial charge in [-0.25, -0.2) is 9.37 Å². The molecule has 3 aromatic rings. The number of likely N-dealkylation sites (tertiary alicyclic amines) is 1. The molecule has 2 unspecified atom stereocenters. The van der Waals surface area contributed by atoms with Crippen molar-refractivity contribution < 1.29 is 22.3 Å². The van der Waals surface area contributed by atoms with Crippen LogP contribution in [-0.4, -0.2) is 47.3 Å². The van der Waals surface area contributed by atoms with Crippen molar-refractivity contribution in [3.8, 4) is 0 Å². The van der Waals surface area contributed by atoms with E-state index >= 15 is 0 Å². The normalized spacial score (nSPS) is 22.0. The predicted octanol–water partition coefficient (Wildman–Crippen LogP) is 4.66. The van der Waals surface area contributed by atoms with Crippen LogP contribution in [0.25, 0.3) is 21.8 Å². The van der Waals surface area contributed by atoms with Gasteiger partial charge in [-0.1, -0.05) is 0 Å². The Hall–Kier alpha value is -1.90. The van der Waals surface area contributed by atoms with Gasteiger partial charge in [0.25, 0.3) is 0 Å². The van der Waals surface area contributed by atoms with E-state index in [1.165, 1.54) is 12.1 Å². The number of fused-ring (bicyclic) bond motifs is 4. The molecule has 0 amide bonds. The van der Waals surface area contributed by atoms with E-state index in [0.717, 1.165) is 32.5 Å². The highest BCUT2D eigenvalue weighted by atomic mass is 35.5. The van der Waals surface area contributed by atoms with Crippen molar-refractivity contribution in [2.45, 2.75) is 19.6 Å². The first-order valence-corrected chi connectivity index (χ1v) is 9.77. The Bertz CT molecular complexity index is 1090. The van der Waals surface area contributed by atoms with Gasteiger partial charge < -0.3 is 14.2 Å². The van der Waals surface area contributed by atoms with E-state index in [2.05, 4.69) is 9.88 Å². The molecule has 0 N–H and O–H groups in total. The minimum absolute atomic E-state index is 0. The summed E-state index contributed by atoms with van der Waals surface area (Å²) in [5.74, 6) is 0.600. The Morgan fingerprint density at radius 1 is 1.10 bits per heavy atom. The van der Waals surface area contributed by atoms with Crippen LogP contribution in [0.2, 0.25) is 0 Å². The Morgan fingerprint density at radius 3 is 2.47 bits per heavy atom. The molecule has 2 aliphatic rings. The molecule has 0 radical (unpaired) electrons. The van der Waals surface area contributed by atoms with Gasteiger partial charge in [-0.05, 0) is 30.7 Å². The minimum Gasteiger partial charge on any atom is -0.381 e. The van der Waals surface area contributed by atoms with E-state index in [0.29, 0.717) is 46.8 Å². The van der Waals surface area contributed by atoms with E-state index < -0.39 is 17.7 Å². The number of halogens is 5. The van der Waals surface area contributed by atoms with E-state index in [9.17, 15) is 17.6 Å². The van der Waals surface area contributed by atoms with Crippen molar-refractivity contribution in [2.75, 3.05) is 32.8 Å². The molecule has 2 saturated heterocycles. The van der Waals surface area contributed by atoms with Gasteiger partial charge in [-0.2, -0.15) is 13.2 Å². The second kappa shape index (κ2) is 7.66. The van der Waals surface area contributed by atoms with Crippen molar-refractivity contribution in [3.05, 3.63) is 41.5 Å². The van der Waals surface area contributed by atoms with Gasteiger partial charge in [-0.15, -0.1) is 12.4 Å². The lowest BCUT2D eigenvalue weighted by Gasteiger charge is -2.19. The highest BCUT2D eigenvalue weighted by molar-refractivity contribution is 6.09. The highest BCUT2D eigenvalue weighted by Crippen LogP contribution is 2.38. The summed E-state index contributed by atoms with van der Waals surface area (Å²) in [6.07, 6.45) is -3.43. The van der Waals surface area contributed by atoms with Gasteiger partial charge in [0.15, 0.2) is 5.69 Å². The van der Waals surface area contributed by atoms with Gasteiger partial charge in [0.1, 0.15) is 5.82 Å². The SMILES string of the molecule is Cc1cc2c(cc1F)c1ccnc(C(F)(F)F)c1n2CCN1CC2COCC2C1.Cl. The van der Waals surface area contributed by atoms with Crippen molar-refractivity contribution >= 4 is 34.2 Å². The van der Waals surface area contributed by atoms with Crippen LogP contribution in [0.3, 0.4) is 0 Å². The Balaban J connectivity index is 0.00000218. The molecule has 2 fully saturated rings. The number of rotatable bonds is 3. The number of hydrogen-bond acceptors (Lipinski definition) is 3. The molecule has 1 aromatic carbocycles. The number of hydrogen-bond donors (Lipinski definition) is 0. The number of benzene rings is 1. The van der Waals surface area contributed by atoms with E-state index in [1.54, 1.807) is 17.6 Å². The highest BCUT2D eigenvalue weighted by Gasteiger charge is 2.38. The molecule has 30 heavy (non-hydrogen) atoms. The van der Waals surface area contributed by atoms with Crippen molar-refractivity contribution in [2.24, 2.45) is 11.8 Å². The number of ether oxygens (including phenoxy) is 1. The first kappa shape index (κ1) is 21.3. The van der Waals surface area contributed by atoms with Crippen LogP contribution in [0.1, 0.15) is 11.3 Å². The maximum Gasteiger partial charge on any atom is 0.435 e. The minimum atomic E-state index is -4.58. The summed E-state index contributed by atoms with van der Waals surface area (Å²) < 4.78 is 62.5. The molecule has 5 rings (SSSR count). The Labute approximate surface area is 177 Å². The van der Waals surface area contributed by atoms with E-state index in [4.69, 9.17) is 4.74 Å². The number of aryl methyl sites for hydroxylation is 1. The standard InChI is InChI=1S/C21H21F4N3O.ClH/c1-12-6-18-16(7-17(12)22)15-2-3-26-20(21(23,24)25)19(15)28(18)5-4-27-8-13-10-29-11-14(13)9-27;/h2-3,6-7,13-14H,4-5,8-11H2,1H3;1H. The van der Waals surface area contributed by atoms with E-state index in [1.807, 2.05) is 0 Å². The van der Waals surface area contributed by atoms with Crippen molar-refractivity contribution in [3.63, 3.8) is 0 Å². The largest absolute Gasteiger partial charge is 0.435 e. The topological polar surface area (TPSA) is 30.3 Å². The van der Waals surface area contributed by atoms with Gasteiger partial charge in [-0.3, -0.25) is 0 Å². The zero-order chi connectivity index (χ0) is 20.3. The van der Waals surface area contributed by atoms with Crippen molar-refractivity contribution in [1.29, 1.82) is 0 Å². The smallest absolute Gasteiger partial charge is 0.381 e. The van der Waals surface area contributed by atoms with Gasteiger partial charge in [0.2, 0.25) is 0 Å². The summed E-state index contributed by atoms with van der Waals surface area (Å²) in [5, 5.41) is 0.871. The van der Waals surface area contributed by atoms with Crippen LogP contribution < -0.4 is 0 Å². The lowest BCUT2D eigenvalue weighted by molar-refractivity contribution is -0.140. The van der Waals surface area contributed by atoms with Gasteiger partial charge >= 0.3 is 6.18 Å². The number of pyridine rings is 1. The summed E-state index contributed by atoms with van der Waals surface area (Å²) in [5.41, 5.74) is 0.134. The maximum absolute atomic E-state index is 14.2. The maximum atomic E-state index is 14.2. The van der Waals surface area contributed by atoms with E-state index in [-0.39, 0.29) is 17.9 Å². The fourth-order valence-electron chi connectivity index (χ4n) is 4.82. The van der Waals surface area contributed by atoms with Crippen LogP contribution in [0.4, 0.5) is 17.6 Å². The average Bonchev–Trinajstić information content (AvgIpc) is 3.32. The molecular formula is C21H22ClF4N3O. The third-order valence-electron chi connectivity index (χ3n) is 6.28. The molecule has 4 heterocycles. The summed E-state index contributed by atoms with van der Waals surface area (Å²) >= 11 is 0. The molecule has 0 saturated carbocycles. The lowest BCUT2D eigenvalue weighted by Crippen LogP contribution is -2.27. The van der Waals surface area contributed by atoms with Crippen LogP contribution in [0.5, 0.6) is 0 Å². The molecule has 9 heteroatoms. The molecule has 2 aliphatic heterocycles. The number of nitrogens with zero attached hydrogens (tertiary/aromatic N) is 3. The molecule has 0 aliphatic carbocycles. The molecule has 4 nitrogen and oxygen atoms in total. The molecular weight excluding hydrogens is 422 g/mol. The first-order chi connectivity index (χ1) is 13.8. The summed E-state index contributed by atoms with van der Waals surface area (Å²) in [7, 11) is 0.